The van der Waals surface area contributed by atoms with Gasteiger partial charge in [-0.25, -0.2) is 9.38 Å². The summed E-state index contributed by atoms with van der Waals surface area (Å²) < 4.78 is 18.8. The summed E-state index contributed by atoms with van der Waals surface area (Å²) in [6.07, 6.45) is 0.924. The van der Waals surface area contributed by atoms with Crippen molar-refractivity contribution in [3.8, 4) is 5.75 Å². The molecule has 142 valence electrons. The third kappa shape index (κ3) is 7.89. The molecule has 8 heteroatoms. The van der Waals surface area contributed by atoms with Crippen LogP contribution in [0, 0.1) is 5.82 Å². The summed E-state index contributed by atoms with van der Waals surface area (Å²) in [5.74, 6) is 0.235. The number of halogens is 2. The van der Waals surface area contributed by atoms with Crippen LogP contribution in [-0.4, -0.2) is 51.1 Å². The third-order valence-electron chi connectivity index (χ3n) is 3.44. The van der Waals surface area contributed by atoms with Gasteiger partial charge in [0.2, 0.25) is 5.91 Å². The van der Waals surface area contributed by atoms with E-state index in [-0.39, 0.29) is 48.2 Å². The summed E-state index contributed by atoms with van der Waals surface area (Å²) in [6.45, 7) is 4.72. The van der Waals surface area contributed by atoms with Crippen LogP contribution in [0.15, 0.2) is 23.2 Å². The molecule has 0 aliphatic heterocycles. The third-order valence-corrected chi connectivity index (χ3v) is 3.44. The van der Waals surface area contributed by atoms with Gasteiger partial charge in [-0.1, -0.05) is 13.0 Å². The highest BCUT2D eigenvalue weighted by molar-refractivity contribution is 14.0. The number of hydrogen-bond donors (Lipinski definition) is 2. The lowest BCUT2D eigenvalue weighted by molar-refractivity contribution is -0.127. The molecule has 2 N–H and O–H groups in total. The van der Waals surface area contributed by atoms with E-state index in [0.717, 1.165) is 18.5 Å². The fourth-order valence-electron chi connectivity index (χ4n) is 1.92. The lowest BCUT2D eigenvalue weighted by atomic mass is 10.1. The highest BCUT2D eigenvalue weighted by Crippen LogP contribution is 2.21. The molecule has 0 heterocycles. The number of hydrogen-bond acceptors (Lipinski definition) is 3. The van der Waals surface area contributed by atoms with E-state index in [2.05, 4.69) is 15.6 Å². The van der Waals surface area contributed by atoms with E-state index in [1.54, 1.807) is 26.2 Å². The quantitative estimate of drug-likeness (QED) is 0.369. The molecule has 0 saturated heterocycles. The molecule has 0 radical (unpaired) electrons. The molecule has 0 spiro atoms. The molecule has 1 rings (SSSR count). The SMILES string of the molecule is CCCNC(=NCC(=O)N(C)C)NC(C)c1ccc(OC)c(F)c1.I. The molecule has 1 atom stereocenters. The number of amides is 1. The number of guanidine groups is 1. The summed E-state index contributed by atoms with van der Waals surface area (Å²) in [6, 6.07) is 4.64. The van der Waals surface area contributed by atoms with Crippen molar-refractivity contribution < 1.29 is 13.9 Å². The normalized spacial score (nSPS) is 12.0. The highest BCUT2D eigenvalue weighted by Gasteiger charge is 2.12. The van der Waals surface area contributed by atoms with Gasteiger partial charge in [0, 0.05) is 20.6 Å². The number of nitrogens with zero attached hydrogens (tertiary/aromatic N) is 2. The van der Waals surface area contributed by atoms with Gasteiger partial charge in [-0.15, -0.1) is 24.0 Å². The Labute approximate surface area is 166 Å². The van der Waals surface area contributed by atoms with Crippen molar-refractivity contribution in [2.75, 3.05) is 34.3 Å². The van der Waals surface area contributed by atoms with E-state index in [4.69, 9.17) is 4.74 Å². The summed E-state index contributed by atoms with van der Waals surface area (Å²) in [4.78, 5) is 17.5. The number of methoxy groups -OCH3 is 1. The second-order valence-electron chi connectivity index (χ2n) is 5.64. The van der Waals surface area contributed by atoms with Gasteiger partial charge >= 0.3 is 0 Å². The average Bonchev–Trinajstić information content (AvgIpc) is 2.56. The number of likely N-dealkylation sites (N-methyl/N-ethyl adjacent to an activating group) is 1. The van der Waals surface area contributed by atoms with Crippen LogP contribution in [0.3, 0.4) is 0 Å². The Bertz CT molecular complexity index is 582. The molecular weight excluding hydrogens is 438 g/mol. The molecule has 25 heavy (non-hydrogen) atoms. The first-order chi connectivity index (χ1) is 11.4. The summed E-state index contributed by atoms with van der Waals surface area (Å²) in [5.41, 5.74) is 0.762. The minimum Gasteiger partial charge on any atom is -0.494 e. The van der Waals surface area contributed by atoms with Gasteiger partial charge in [-0.05, 0) is 31.0 Å². The zero-order chi connectivity index (χ0) is 18.1. The Balaban J connectivity index is 0.00000576. The topological polar surface area (TPSA) is 66.0 Å². The van der Waals surface area contributed by atoms with Gasteiger partial charge in [-0.2, -0.15) is 0 Å². The molecule has 1 unspecified atom stereocenters. The number of ether oxygens (including phenoxy) is 1. The molecule has 0 aliphatic carbocycles. The van der Waals surface area contributed by atoms with Gasteiger partial charge in [0.25, 0.3) is 0 Å². The predicted molar refractivity (Wildman–Crippen MR) is 109 cm³/mol. The Morgan fingerprint density at radius 2 is 2.08 bits per heavy atom. The second kappa shape index (κ2) is 11.9. The highest BCUT2D eigenvalue weighted by atomic mass is 127. The predicted octanol–water partition coefficient (Wildman–Crippen LogP) is 2.55. The van der Waals surface area contributed by atoms with Crippen LogP contribution < -0.4 is 15.4 Å². The lowest BCUT2D eigenvalue weighted by Gasteiger charge is -2.19. The molecule has 1 amide bonds. The standard InChI is InChI=1S/C17H27FN4O2.HI/c1-6-9-19-17(20-11-16(23)22(3)4)21-12(2)13-7-8-15(24-5)14(18)10-13;/h7-8,10,12H,6,9,11H2,1-5H3,(H2,19,20,21);1H. The smallest absolute Gasteiger partial charge is 0.243 e. The van der Waals surface area contributed by atoms with Crippen LogP contribution in [-0.2, 0) is 4.79 Å². The Hall–Kier alpha value is -1.58. The fraction of sp³-hybridized carbons (Fsp3) is 0.529. The molecule has 0 aromatic heterocycles. The number of rotatable bonds is 7. The molecule has 0 fully saturated rings. The fourth-order valence-corrected chi connectivity index (χ4v) is 1.92. The van der Waals surface area contributed by atoms with Crippen LogP contribution in [0.4, 0.5) is 4.39 Å². The molecule has 0 bridgehead atoms. The first kappa shape index (κ1) is 23.4. The molecule has 0 saturated carbocycles. The van der Waals surface area contributed by atoms with Crippen molar-refractivity contribution in [1.29, 1.82) is 0 Å². The Morgan fingerprint density at radius 1 is 1.40 bits per heavy atom. The molecule has 0 aliphatic rings. The number of carbonyl (C=O) groups excluding carboxylic acids is 1. The van der Waals surface area contributed by atoms with Crippen LogP contribution >= 0.6 is 24.0 Å². The van der Waals surface area contributed by atoms with E-state index in [1.165, 1.54) is 18.1 Å². The maximum absolute atomic E-state index is 13.8. The second-order valence-corrected chi connectivity index (χ2v) is 5.64. The van der Waals surface area contributed by atoms with Crippen molar-refractivity contribution in [2.24, 2.45) is 4.99 Å². The van der Waals surface area contributed by atoms with Gasteiger partial charge in [-0.3, -0.25) is 4.79 Å². The zero-order valence-electron chi connectivity index (χ0n) is 15.4. The molecular formula is C17H28FIN4O2. The summed E-state index contributed by atoms with van der Waals surface area (Å²) in [5, 5.41) is 6.34. The molecule has 1 aromatic rings. The van der Waals surface area contributed by atoms with E-state index in [1.807, 2.05) is 13.8 Å². The van der Waals surface area contributed by atoms with Crippen LogP contribution in [0.1, 0.15) is 31.9 Å². The molecule has 1 aromatic carbocycles. The lowest BCUT2D eigenvalue weighted by Crippen LogP contribution is -2.40. The first-order valence-electron chi connectivity index (χ1n) is 7.97. The number of nitrogens with one attached hydrogen (secondary N) is 2. The van der Waals surface area contributed by atoms with E-state index < -0.39 is 5.82 Å². The summed E-state index contributed by atoms with van der Waals surface area (Å²) >= 11 is 0. The minimum absolute atomic E-state index is 0. The van der Waals surface area contributed by atoms with Gasteiger partial charge in [0.05, 0.1) is 13.2 Å². The average molecular weight is 466 g/mol. The van der Waals surface area contributed by atoms with Crippen molar-refractivity contribution in [1.82, 2.24) is 15.5 Å². The van der Waals surface area contributed by atoms with Gasteiger partial charge < -0.3 is 20.3 Å². The zero-order valence-corrected chi connectivity index (χ0v) is 17.8. The Kier molecular flexibility index (Phi) is 11.1. The van der Waals surface area contributed by atoms with E-state index in [9.17, 15) is 9.18 Å². The largest absolute Gasteiger partial charge is 0.494 e. The number of aliphatic imine (C=N–C) groups is 1. The minimum atomic E-state index is -0.411. The Morgan fingerprint density at radius 3 is 2.60 bits per heavy atom. The van der Waals surface area contributed by atoms with Crippen molar-refractivity contribution in [3.63, 3.8) is 0 Å². The summed E-state index contributed by atoms with van der Waals surface area (Å²) in [7, 11) is 4.81. The number of benzene rings is 1. The maximum atomic E-state index is 13.8. The van der Waals surface area contributed by atoms with Crippen molar-refractivity contribution >= 4 is 35.8 Å². The van der Waals surface area contributed by atoms with Crippen molar-refractivity contribution in [3.05, 3.63) is 29.6 Å². The number of carbonyl (C=O) groups is 1. The van der Waals surface area contributed by atoms with Crippen LogP contribution in [0.25, 0.3) is 0 Å². The van der Waals surface area contributed by atoms with Gasteiger partial charge in [0.15, 0.2) is 17.5 Å². The van der Waals surface area contributed by atoms with Crippen LogP contribution in [0.2, 0.25) is 0 Å². The maximum Gasteiger partial charge on any atom is 0.243 e. The monoisotopic (exact) mass is 466 g/mol. The molecule has 6 nitrogen and oxygen atoms in total. The van der Waals surface area contributed by atoms with Gasteiger partial charge in [0.1, 0.15) is 6.54 Å². The van der Waals surface area contributed by atoms with E-state index in [0.29, 0.717) is 5.96 Å². The van der Waals surface area contributed by atoms with Crippen LogP contribution in [0.5, 0.6) is 5.75 Å². The van der Waals surface area contributed by atoms with Crippen molar-refractivity contribution in [2.45, 2.75) is 26.3 Å². The first-order valence-corrected chi connectivity index (χ1v) is 7.97. The van der Waals surface area contributed by atoms with E-state index >= 15 is 0 Å².